The molecule has 0 aliphatic heterocycles. The molecule has 2 rings (SSSR count). The lowest BCUT2D eigenvalue weighted by Crippen LogP contribution is -2.26. The summed E-state index contributed by atoms with van der Waals surface area (Å²) in [5.74, 6) is -2.12. The van der Waals surface area contributed by atoms with Gasteiger partial charge in [0.2, 0.25) is 0 Å². The van der Waals surface area contributed by atoms with Crippen molar-refractivity contribution in [3.8, 4) is 0 Å². The molecule has 0 saturated heterocycles. The topological polar surface area (TPSA) is 94.3 Å². The molecule has 0 atom stereocenters. The van der Waals surface area contributed by atoms with E-state index in [1.54, 1.807) is 0 Å². The van der Waals surface area contributed by atoms with Gasteiger partial charge in [0, 0.05) is 25.5 Å². The van der Waals surface area contributed by atoms with Crippen molar-refractivity contribution in [3.63, 3.8) is 0 Å². The van der Waals surface area contributed by atoms with Gasteiger partial charge >= 0.3 is 5.97 Å². The quantitative estimate of drug-likeness (QED) is 0.577. The summed E-state index contributed by atoms with van der Waals surface area (Å²) < 4.78 is 36.1. The lowest BCUT2D eigenvalue weighted by atomic mass is 10.2. The Morgan fingerprint density at radius 3 is 2.80 bits per heavy atom. The van der Waals surface area contributed by atoms with Crippen LogP contribution in [0.1, 0.15) is 41.8 Å². The van der Waals surface area contributed by atoms with Crippen molar-refractivity contribution in [1.82, 2.24) is 15.5 Å². The van der Waals surface area contributed by atoms with Gasteiger partial charge < -0.3 is 14.6 Å². The van der Waals surface area contributed by atoms with Crippen molar-refractivity contribution < 1.29 is 27.6 Å². The van der Waals surface area contributed by atoms with E-state index in [4.69, 9.17) is 9.26 Å². The van der Waals surface area contributed by atoms with E-state index >= 15 is 0 Å². The highest BCUT2D eigenvalue weighted by Gasteiger charge is 2.13. The number of rotatable bonds is 8. The molecule has 0 bridgehead atoms. The third-order valence-electron chi connectivity index (χ3n) is 3.20. The number of nitrogens with zero attached hydrogens (tertiary/aromatic N) is 2. The Morgan fingerprint density at radius 2 is 2.12 bits per heavy atom. The zero-order valence-electron chi connectivity index (χ0n) is 13.6. The summed E-state index contributed by atoms with van der Waals surface area (Å²) in [5.41, 5.74) is -0.257. The number of carbonyl (C=O) groups excluding carboxylic acids is 2. The van der Waals surface area contributed by atoms with E-state index < -0.39 is 23.5 Å². The zero-order valence-corrected chi connectivity index (χ0v) is 13.6. The highest BCUT2D eigenvalue weighted by atomic mass is 19.1. The number of nitrogens with one attached hydrogen (secondary N) is 1. The Morgan fingerprint density at radius 1 is 1.32 bits per heavy atom. The number of amides is 1. The molecule has 0 saturated carbocycles. The van der Waals surface area contributed by atoms with Crippen molar-refractivity contribution >= 4 is 11.9 Å². The number of benzene rings is 1. The first-order chi connectivity index (χ1) is 12.0. The third kappa shape index (κ3) is 5.63. The highest BCUT2D eigenvalue weighted by molar-refractivity contribution is 5.94. The van der Waals surface area contributed by atoms with E-state index in [9.17, 15) is 18.4 Å². The van der Waals surface area contributed by atoms with Crippen LogP contribution in [0.5, 0.6) is 0 Å². The summed E-state index contributed by atoms with van der Waals surface area (Å²) in [6.07, 6.45) is 0.976. The van der Waals surface area contributed by atoms with Crippen LogP contribution in [-0.2, 0) is 22.6 Å². The number of hydrogen-bond donors (Lipinski definition) is 1. The van der Waals surface area contributed by atoms with Crippen LogP contribution in [0.3, 0.4) is 0 Å². The smallest absolute Gasteiger partial charge is 0.306 e. The van der Waals surface area contributed by atoms with Crippen molar-refractivity contribution in [1.29, 1.82) is 0 Å². The Balaban J connectivity index is 1.66. The summed E-state index contributed by atoms with van der Waals surface area (Å²) in [6, 6.07) is 2.69. The first-order valence-corrected chi connectivity index (χ1v) is 7.70. The average Bonchev–Trinajstić information content (AvgIpc) is 3.05. The number of aryl methyl sites for hydroxylation is 1. The van der Waals surface area contributed by atoms with Crippen LogP contribution in [-0.4, -0.2) is 28.6 Å². The molecule has 7 nitrogen and oxygen atoms in total. The fraction of sp³-hybridized carbons (Fsp3) is 0.375. The average molecular weight is 353 g/mol. The maximum absolute atomic E-state index is 13.4. The molecule has 9 heteroatoms. The number of hydrogen-bond acceptors (Lipinski definition) is 6. The molecule has 1 amide bonds. The summed E-state index contributed by atoms with van der Waals surface area (Å²) in [7, 11) is 0. The van der Waals surface area contributed by atoms with Gasteiger partial charge in [0.25, 0.3) is 11.8 Å². The van der Waals surface area contributed by atoms with E-state index in [-0.39, 0.29) is 31.0 Å². The van der Waals surface area contributed by atoms with E-state index in [0.717, 1.165) is 12.1 Å². The minimum Gasteiger partial charge on any atom is -0.456 e. The van der Waals surface area contributed by atoms with Crippen molar-refractivity contribution in [2.24, 2.45) is 0 Å². The number of esters is 1. The molecular formula is C16H17F2N3O4. The molecular weight excluding hydrogens is 336 g/mol. The van der Waals surface area contributed by atoms with Gasteiger partial charge in [0.15, 0.2) is 12.4 Å². The molecule has 1 aromatic heterocycles. The zero-order chi connectivity index (χ0) is 18.2. The fourth-order valence-corrected chi connectivity index (χ4v) is 1.91. The van der Waals surface area contributed by atoms with Crippen LogP contribution in [0, 0.1) is 11.6 Å². The van der Waals surface area contributed by atoms with E-state index in [2.05, 4.69) is 15.5 Å². The van der Waals surface area contributed by atoms with Gasteiger partial charge in [-0.2, -0.15) is 4.98 Å². The monoisotopic (exact) mass is 353 g/mol. The first-order valence-electron chi connectivity index (χ1n) is 7.70. The van der Waals surface area contributed by atoms with Crippen molar-refractivity contribution in [2.75, 3.05) is 6.54 Å². The van der Waals surface area contributed by atoms with Crippen LogP contribution < -0.4 is 5.32 Å². The molecule has 0 unspecified atom stereocenters. The normalized spacial score (nSPS) is 10.5. The van der Waals surface area contributed by atoms with Crippen LogP contribution in [0.25, 0.3) is 0 Å². The second-order valence-corrected chi connectivity index (χ2v) is 5.10. The van der Waals surface area contributed by atoms with Crippen LogP contribution in [0.15, 0.2) is 22.7 Å². The molecule has 1 N–H and O–H groups in total. The minimum absolute atomic E-state index is 0.0565. The maximum Gasteiger partial charge on any atom is 0.306 e. The van der Waals surface area contributed by atoms with Crippen molar-refractivity contribution in [3.05, 3.63) is 47.1 Å². The Bertz CT molecular complexity index is 749. The SMILES string of the molecule is CCc1noc(COC(=O)CCCNC(=O)c2ccc(F)cc2F)n1. The van der Waals surface area contributed by atoms with Gasteiger partial charge in [-0.3, -0.25) is 9.59 Å². The lowest BCUT2D eigenvalue weighted by molar-refractivity contribution is -0.145. The van der Waals surface area contributed by atoms with Crippen LogP contribution >= 0.6 is 0 Å². The molecule has 0 spiro atoms. The maximum atomic E-state index is 13.4. The van der Waals surface area contributed by atoms with E-state index in [0.29, 0.717) is 24.7 Å². The summed E-state index contributed by atoms with van der Waals surface area (Å²) in [6.45, 7) is 1.90. The second-order valence-electron chi connectivity index (χ2n) is 5.10. The lowest BCUT2D eigenvalue weighted by Gasteiger charge is -2.06. The molecule has 134 valence electrons. The minimum atomic E-state index is -0.942. The largest absolute Gasteiger partial charge is 0.456 e. The fourth-order valence-electron chi connectivity index (χ4n) is 1.91. The summed E-state index contributed by atoms with van der Waals surface area (Å²) in [4.78, 5) is 27.3. The number of ether oxygens (including phenoxy) is 1. The third-order valence-corrected chi connectivity index (χ3v) is 3.20. The summed E-state index contributed by atoms with van der Waals surface area (Å²) in [5, 5.41) is 6.12. The van der Waals surface area contributed by atoms with E-state index in [1.807, 2.05) is 6.92 Å². The van der Waals surface area contributed by atoms with Crippen LogP contribution in [0.4, 0.5) is 8.78 Å². The molecule has 2 aromatic rings. The van der Waals surface area contributed by atoms with Gasteiger partial charge in [-0.15, -0.1) is 0 Å². The highest BCUT2D eigenvalue weighted by Crippen LogP contribution is 2.09. The number of carbonyl (C=O) groups is 2. The predicted molar refractivity (Wildman–Crippen MR) is 81.4 cm³/mol. The molecule has 0 fully saturated rings. The second kappa shape index (κ2) is 8.86. The van der Waals surface area contributed by atoms with Gasteiger partial charge in [-0.25, -0.2) is 8.78 Å². The Kier molecular flexibility index (Phi) is 6.55. The predicted octanol–water partition coefficient (Wildman–Crippen LogP) is 2.16. The Labute approximate surface area is 142 Å². The number of aromatic nitrogens is 2. The molecule has 25 heavy (non-hydrogen) atoms. The van der Waals surface area contributed by atoms with Gasteiger partial charge in [0.1, 0.15) is 11.6 Å². The van der Waals surface area contributed by atoms with Gasteiger partial charge in [0.05, 0.1) is 5.56 Å². The van der Waals surface area contributed by atoms with Gasteiger partial charge in [-0.1, -0.05) is 12.1 Å². The number of halogens is 2. The first kappa shape index (κ1) is 18.5. The summed E-state index contributed by atoms with van der Waals surface area (Å²) >= 11 is 0. The molecule has 0 radical (unpaired) electrons. The van der Waals surface area contributed by atoms with E-state index in [1.165, 1.54) is 0 Å². The Hall–Kier alpha value is -2.84. The molecule has 0 aliphatic rings. The van der Waals surface area contributed by atoms with Gasteiger partial charge in [-0.05, 0) is 18.6 Å². The van der Waals surface area contributed by atoms with Crippen molar-refractivity contribution in [2.45, 2.75) is 32.8 Å². The standard InChI is InChI=1S/C16H17F2N3O4/c1-2-13-20-14(25-21-13)9-24-15(22)4-3-7-19-16(23)11-6-5-10(17)8-12(11)18/h5-6,8H,2-4,7,9H2,1H3,(H,19,23). The molecule has 0 aliphatic carbocycles. The molecule has 1 heterocycles. The van der Waals surface area contributed by atoms with Crippen LogP contribution in [0.2, 0.25) is 0 Å². The molecule has 1 aromatic carbocycles.